The van der Waals surface area contributed by atoms with Gasteiger partial charge in [0.2, 0.25) is 0 Å². The molecule has 0 amide bonds. The lowest BCUT2D eigenvalue weighted by atomic mass is 9.63. The summed E-state index contributed by atoms with van der Waals surface area (Å²) in [5, 5.41) is 10.8. The highest BCUT2D eigenvalue weighted by Crippen LogP contribution is 2.52. The van der Waals surface area contributed by atoms with Crippen LogP contribution >= 0.6 is 0 Å². The SMILES string of the molecule is OC1(C2CCOC3(CCC3)C2)CCCC(C(F)(F)F)C1. The van der Waals surface area contributed by atoms with E-state index in [4.69, 9.17) is 4.74 Å². The molecule has 1 spiro atoms. The summed E-state index contributed by atoms with van der Waals surface area (Å²) in [6.07, 6.45) is 1.45. The average molecular weight is 292 g/mol. The Morgan fingerprint density at radius 3 is 2.35 bits per heavy atom. The summed E-state index contributed by atoms with van der Waals surface area (Å²) in [4.78, 5) is 0. The monoisotopic (exact) mass is 292 g/mol. The number of halogens is 3. The predicted octanol–water partition coefficient (Wildman–Crippen LogP) is 3.82. The zero-order valence-electron chi connectivity index (χ0n) is 11.7. The molecular formula is C15H23F3O2. The Bertz CT molecular complexity index is 365. The summed E-state index contributed by atoms with van der Waals surface area (Å²) >= 11 is 0. The smallest absolute Gasteiger partial charge is 0.390 e. The van der Waals surface area contributed by atoms with E-state index < -0.39 is 17.7 Å². The highest BCUT2D eigenvalue weighted by molar-refractivity contribution is 5.01. The van der Waals surface area contributed by atoms with Gasteiger partial charge in [0.25, 0.3) is 0 Å². The maximum Gasteiger partial charge on any atom is 0.391 e. The second-order valence-corrected chi connectivity index (χ2v) is 7.01. The van der Waals surface area contributed by atoms with Crippen LogP contribution in [0.5, 0.6) is 0 Å². The molecule has 3 aliphatic rings. The van der Waals surface area contributed by atoms with Gasteiger partial charge in [-0.1, -0.05) is 0 Å². The Morgan fingerprint density at radius 1 is 1.00 bits per heavy atom. The third-order valence-electron chi connectivity index (χ3n) is 5.74. The quantitative estimate of drug-likeness (QED) is 0.796. The molecule has 3 atom stereocenters. The molecule has 2 aliphatic carbocycles. The molecular weight excluding hydrogens is 269 g/mol. The van der Waals surface area contributed by atoms with Crippen LogP contribution < -0.4 is 0 Å². The van der Waals surface area contributed by atoms with E-state index in [-0.39, 0.29) is 24.4 Å². The minimum absolute atomic E-state index is 0.0262. The van der Waals surface area contributed by atoms with Gasteiger partial charge in [-0.2, -0.15) is 13.2 Å². The van der Waals surface area contributed by atoms with Crippen LogP contribution in [0.4, 0.5) is 13.2 Å². The van der Waals surface area contributed by atoms with Gasteiger partial charge in [0.15, 0.2) is 0 Å². The molecule has 20 heavy (non-hydrogen) atoms. The van der Waals surface area contributed by atoms with Crippen LogP contribution in [0.2, 0.25) is 0 Å². The number of rotatable bonds is 1. The van der Waals surface area contributed by atoms with Crippen molar-refractivity contribution in [2.75, 3.05) is 6.61 Å². The lowest BCUT2D eigenvalue weighted by molar-refractivity contribution is -0.222. The molecule has 1 saturated heterocycles. The lowest BCUT2D eigenvalue weighted by Crippen LogP contribution is -2.53. The highest BCUT2D eigenvalue weighted by Gasteiger charge is 2.53. The first-order valence-corrected chi connectivity index (χ1v) is 7.76. The minimum Gasteiger partial charge on any atom is -0.390 e. The van der Waals surface area contributed by atoms with Crippen molar-refractivity contribution in [1.29, 1.82) is 0 Å². The summed E-state index contributed by atoms with van der Waals surface area (Å²) in [6, 6.07) is 0. The fourth-order valence-corrected chi connectivity index (χ4v) is 4.34. The number of alkyl halides is 3. The first-order valence-electron chi connectivity index (χ1n) is 7.76. The van der Waals surface area contributed by atoms with E-state index in [1.54, 1.807) is 0 Å². The molecule has 0 aromatic heterocycles. The van der Waals surface area contributed by atoms with Gasteiger partial charge in [-0.15, -0.1) is 0 Å². The van der Waals surface area contributed by atoms with E-state index in [0.29, 0.717) is 25.9 Å². The van der Waals surface area contributed by atoms with Crippen LogP contribution in [-0.4, -0.2) is 29.1 Å². The number of hydrogen-bond donors (Lipinski definition) is 1. The zero-order valence-corrected chi connectivity index (χ0v) is 11.7. The molecule has 1 N–H and O–H groups in total. The van der Waals surface area contributed by atoms with Gasteiger partial charge < -0.3 is 9.84 Å². The Labute approximate surface area is 117 Å². The van der Waals surface area contributed by atoms with Crippen molar-refractivity contribution in [2.45, 2.75) is 75.2 Å². The molecule has 2 saturated carbocycles. The Morgan fingerprint density at radius 2 is 1.75 bits per heavy atom. The van der Waals surface area contributed by atoms with Gasteiger partial charge in [-0.3, -0.25) is 0 Å². The van der Waals surface area contributed by atoms with Crippen LogP contribution in [0, 0.1) is 11.8 Å². The summed E-state index contributed by atoms with van der Waals surface area (Å²) in [5.74, 6) is -1.36. The molecule has 0 radical (unpaired) electrons. The van der Waals surface area contributed by atoms with Gasteiger partial charge in [-0.25, -0.2) is 0 Å². The van der Waals surface area contributed by atoms with Crippen molar-refractivity contribution in [3.05, 3.63) is 0 Å². The molecule has 116 valence electrons. The van der Waals surface area contributed by atoms with Crippen LogP contribution in [0.1, 0.15) is 57.8 Å². The second-order valence-electron chi connectivity index (χ2n) is 7.01. The fourth-order valence-electron chi connectivity index (χ4n) is 4.34. The Hall–Kier alpha value is -0.290. The van der Waals surface area contributed by atoms with Crippen LogP contribution in [0.25, 0.3) is 0 Å². The maximum atomic E-state index is 12.9. The molecule has 1 heterocycles. The first kappa shape index (κ1) is 14.6. The van der Waals surface area contributed by atoms with E-state index in [1.165, 1.54) is 0 Å². The summed E-state index contributed by atoms with van der Waals surface area (Å²) in [6.45, 7) is 0.587. The molecule has 0 aromatic carbocycles. The molecule has 3 fully saturated rings. The van der Waals surface area contributed by atoms with Gasteiger partial charge in [-0.05, 0) is 63.7 Å². The minimum atomic E-state index is -4.17. The Balaban J connectivity index is 1.70. The van der Waals surface area contributed by atoms with Crippen molar-refractivity contribution < 1.29 is 23.0 Å². The van der Waals surface area contributed by atoms with Gasteiger partial charge in [0.05, 0.1) is 17.1 Å². The number of ether oxygens (including phenoxy) is 1. The van der Waals surface area contributed by atoms with E-state index in [0.717, 1.165) is 25.7 Å². The van der Waals surface area contributed by atoms with Crippen LogP contribution in [0.15, 0.2) is 0 Å². The molecule has 0 bridgehead atoms. The zero-order chi connectivity index (χ0) is 14.4. The molecule has 3 unspecified atom stereocenters. The fraction of sp³-hybridized carbons (Fsp3) is 1.00. The topological polar surface area (TPSA) is 29.5 Å². The van der Waals surface area contributed by atoms with Crippen LogP contribution in [0.3, 0.4) is 0 Å². The largest absolute Gasteiger partial charge is 0.391 e. The summed E-state index contributed by atoms with van der Waals surface area (Å²) in [5.41, 5.74) is -1.26. The summed E-state index contributed by atoms with van der Waals surface area (Å²) < 4.78 is 44.7. The molecule has 0 aromatic rings. The van der Waals surface area contributed by atoms with Crippen molar-refractivity contribution in [3.8, 4) is 0 Å². The Kier molecular flexibility index (Phi) is 3.57. The number of aliphatic hydroxyl groups is 1. The third-order valence-corrected chi connectivity index (χ3v) is 5.74. The second kappa shape index (κ2) is 4.87. The van der Waals surface area contributed by atoms with Gasteiger partial charge in [0, 0.05) is 6.61 Å². The standard InChI is InChI=1S/C15H23F3O2/c16-15(17,18)12-3-1-7-14(19,10-12)11-4-8-20-13(9-11)5-2-6-13/h11-12,19H,1-10H2. The lowest BCUT2D eigenvalue weighted by Gasteiger charge is -2.52. The van der Waals surface area contributed by atoms with E-state index in [1.807, 2.05) is 0 Å². The van der Waals surface area contributed by atoms with Crippen molar-refractivity contribution in [1.82, 2.24) is 0 Å². The maximum absolute atomic E-state index is 12.9. The molecule has 3 rings (SSSR count). The van der Waals surface area contributed by atoms with Crippen molar-refractivity contribution in [2.24, 2.45) is 11.8 Å². The molecule has 1 aliphatic heterocycles. The van der Waals surface area contributed by atoms with Crippen LogP contribution in [-0.2, 0) is 4.74 Å². The summed E-state index contributed by atoms with van der Waals surface area (Å²) in [7, 11) is 0. The van der Waals surface area contributed by atoms with E-state index in [2.05, 4.69) is 0 Å². The molecule has 5 heteroatoms. The van der Waals surface area contributed by atoms with E-state index >= 15 is 0 Å². The molecule has 2 nitrogen and oxygen atoms in total. The van der Waals surface area contributed by atoms with E-state index in [9.17, 15) is 18.3 Å². The normalized spacial score (nSPS) is 41.4. The van der Waals surface area contributed by atoms with Gasteiger partial charge in [0.1, 0.15) is 0 Å². The average Bonchev–Trinajstić information content (AvgIpc) is 2.36. The van der Waals surface area contributed by atoms with Crippen molar-refractivity contribution in [3.63, 3.8) is 0 Å². The van der Waals surface area contributed by atoms with Crippen molar-refractivity contribution >= 4 is 0 Å². The highest BCUT2D eigenvalue weighted by atomic mass is 19.4. The predicted molar refractivity (Wildman–Crippen MR) is 68.2 cm³/mol. The first-order chi connectivity index (χ1) is 9.33. The third kappa shape index (κ3) is 2.59. The number of hydrogen-bond acceptors (Lipinski definition) is 2. The van der Waals surface area contributed by atoms with Gasteiger partial charge >= 0.3 is 6.18 Å².